The molecule has 4 atom stereocenters. The van der Waals surface area contributed by atoms with Crippen molar-refractivity contribution in [1.29, 1.82) is 0 Å². The van der Waals surface area contributed by atoms with Crippen LogP contribution in [0.5, 0.6) is 0 Å². The lowest BCUT2D eigenvalue weighted by Crippen LogP contribution is -2.65. The molecule has 6 aliphatic heterocycles. The van der Waals surface area contributed by atoms with Gasteiger partial charge >= 0.3 is 12.1 Å². The lowest BCUT2D eigenvalue weighted by atomic mass is 10.1. The molecule has 0 spiro atoms. The van der Waals surface area contributed by atoms with E-state index in [1.54, 1.807) is 14.1 Å². The Balaban J connectivity index is 1.23. The van der Waals surface area contributed by atoms with Gasteiger partial charge in [0.2, 0.25) is 0 Å². The van der Waals surface area contributed by atoms with E-state index in [9.17, 15) is 19.2 Å². The van der Waals surface area contributed by atoms with Gasteiger partial charge in [0.25, 0.3) is 11.8 Å². The van der Waals surface area contributed by atoms with Crippen LogP contribution < -0.4 is 10.6 Å². The molecule has 6 rings (SSSR count). The number of nitrogens with zero attached hydrogens (tertiary/aromatic N) is 8. The van der Waals surface area contributed by atoms with Gasteiger partial charge in [0.1, 0.15) is 0 Å². The third kappa shape index (κ3) is 5.05. The van der Waals surface area contributed by atoms with E-state index in [1.807, 2.05) is 0 Å². The van der Waals surface area contributed by atoms with Gasteiger partial charge in [-0.1, -0.05) is 25.7 Å². The average Bonchev–Trinajstić information content (AvgIpc) is 3.23. The molecule has 41 heavy (non-hydrogen) atoms. The molecule has 14 nitrogen and oxygen atoms in total. The molecule has 0 saturated carbocycles. The standard InChI is InChI=1S/C27H42N10O4/c1-32-20-18(22(38)30-26(32)40)36(24(28-20)34-12-7-3-4-8-13-34)16-11-17-37-19-21(33(2)27(41)31-23(19)39)29-25(37)35-14-9-5-6-10-15-35/h18-21H,3-17H2,1-2H3,(H,30,38,40)(H,31,39,41). The average molecular weight is 571 g/mol. The highest BCUT2D eigenvalue weighted by atomic mass is 16.2. The van der Waals surface area contributed by atoms with Gasteiger partial charge in [-0.2, -0.15) is 0 Å². The third-order valence-electron chi connectivity index (χ3n) is 9.25. The number of likely N-dealkylation sites (tertiary alicyclic amines) is 2. The van der Waals surface area contributed by atoms with Gasteiger partial charge in [-0.3, -0.25) is 20.2 Å². The second-order valence-electron chi connectivity index (χ2n) is 11.9. The fraction of sp³-hybridized carbons (Fsp3) is 0.778. The molecular formula is C27H42N10O4. The highest BCUT2D eigenvalue weighted by Crippen LogP contribution is 2.29. The second kappa shape index (κ2) is 11.4. The summed E-state index contributed by atoms with van der Waals surface area (Å²) in [4.78, 5) is 72.6. The van der Waals surface area contributed by atoms with Crippen molar-refractivity contribution in [2.75, 3.05) is 53.4 Å². The van der Waals surface area contributed by atoms with Crippen LogP contribution in [0.1, 0.15) is 57.8 Å². The number of carbonyl (C=O) groups excluding carboxylic acids is 4. The van der Waals surface area contributed by atoms with Gasteiger partial charge in [-0.05, 0) is 32.1 Å². The molecule has 6 aliphatic rings. The number of hydrogen-bond donors (Lipinski definition) is 2. The Hall–Kier alpha value is -3.58. The number of imide groups is 2. The maximum atomic E-state index is 13.1. The summed E-state index contributed by atoms with van der Waals surface area (Å²) in [5, 5.41) is 4.99. The number of urea groups is 2. The Morgan fingerprint density at radius 3 is 1.34 bits per heavy atom. The minimum atomic E-state index is -0.595. The first-order chi connectivity index (χ1) is 19.8. The summed E-state index contributed by atoms with van der Waals surface area (Å²) in [5.74, 6) is 0.901. The van der Waals surface area contributed by atoms with E-state index in [0.717, 1.165) is 63.8 Å². The van der Waals surface area contributed by atoms with E-state index >= 15 is 0 Å². The van der Waals surface area contributed by atoms with Crippen molar-refractivity contribution in [3.8, 4) is 0 Å². The number of rotatable bonds is 4. The molecule has 0 aromatic heterocycles. The maximum absolute atomic E-state index is 13.1. The zero-order valence-corrected chi connectivity index (χ0v) is 24.1. The van der Waals surface area contributed by atoms with Crippen LogP contribution in [0.15, 0.2) is 9.98 Å². The molecule has 2 N–H and O–H groups in total. The van der Waals surface area contributed by atoms with Gasteiger partial charge in [0.15, 0.2) is 36.3 Å². The first kappa shape index (κ1) is 27.6. The predicted octanol–water partition coefficient (Wildman–Crippen LogP) is 0.224. The van der Waals surface area contributed by atoms with Crippen LogP contribution in [0.2, 0.25) is 0 Å². The zero-order chi connectivity index (χ0) is 28.7. The van der Waals surface area contributed by atoms with Gasteiger partial charge in [0, 0.05) is 53.4 Å². The zero-order valence-electron chi connectivity index (χ0n) is 24.1. The molecule has 4 unspecified atom stereocenters. The number of aliphatic imine (C=N–C) groups is 2. The summed E-state index contributed by atoms with van der Waals surface area (Å²) in [5.41, 5.74) is 0. The van der Waals surface area contributed by atoms with E-state index in [0.29, 0.717) is 19.5 Å². The lowest BCUT2D eigenvalue weighted by molar-refractivity contribution is -0.127. The fourth-order valence-electron chi connectivity index (χ4n) is 6.98. The van der Waals surface area contributed by atoms with Gasteiger partial charge < -0.3 is 29.4 Å². The molecule has 0 aromatic carbocycles. The molecule has 4 fully saturated rings. The minimum Gasteiger partial charge on any atom is -0.343 e. The van der Waals surface area contributed by atoms with E-state index in [4.69, 9.17) is 9.98 Å². The van der Waals surface area contributed by atoms with Crippen LogP contribution in [0, 0.1) is 0 Å². The maximum Gasteiger partial charge on any atom is 0.325 e. The van der Waals surface area contributed by atoms with Crippen LogP contribution in [0.4, 0.5) is 9.59 Å². The molecule has 6 heterocycles. The highest BCUT2D eigenvalue weighted by Gasteiger charge is 2.51. The summed E-state index contributed by atoms with van der Waals surface area (Å²) >= 11 is 0. The van der Waals surface area contributed by atoms with Crippen LogP contribution in [0.25, 0.3) is 0 Å². The first-order valence-corrected chi connectivity index (χ1v) is 15.2. The Labute approximate surface area is 240 Å². The predicted molar refractivity (Wildman–Crippen MR) is 151 cm³/mol. The summed E-state index contributed by atoms with van der Waals surface area (Å²) < 4.78 is 0. The summed E-state index contributed by atoms with van der Waals surface area (Å²) in [6.45, 7) is 4.55. The second-order valence-corrected chi connectivity index (χ2v) is 11.9. The molecule has 14 heteroatoms. The van der Waals surface area contributed by atoms with Crippen LogP contribution >= 0.6 is 0 Å². The van der Waals surface area contributed by atoms with Crippen molar-refractivity contribution in [3.05, 3.63) is 0 Å². The monoisotopic (exact) mass is 570 g/mol. The molecule has 0 bridgehead atoms. The third-order valence-corrected chi connectivity index (χ3v) is 9.25. The first-order valence-electron chi connectivity index (χ1n) is 15.2. The van der Waals surface area contributed by atoms with E-state index in [2.05, 4.69) is 30.2 Å². The van der Waals surface area contributed by atoms with Gasteiger partial charge in [-0.15, -0.1) is 0 Å². The molecule has 0 radical (unpaired) electrons. The van der Waals surface area contributed by atoms with Crippen LogP contribution in [-0.2, 0) is 9.59 Å². The van der Waals surface area contributed by atoms with Crippen LogP contribution in [-0.4, -0.2) is 143 Å². The SMILES string of the molecule is CN1C(=O)NC(=O)C2C1N=C(N1CCCCCC1)N2CCCN1C(N2CCCCCC2)=NC2C1C(=O)NC(=O)N2C. The highest BCUT2D eigenvalue weighted by molar-refractivity contribution is 6.04. The van der Waals surface area contributed by atoms with E-state index in [-0.39, 0.29) is 11.8 Å². The number of likely N-dealkylation sites (N-methyl/N-ethyl adjacent to an activating group) is 2. The number of fused-ring (bicyclic) bond motifs is 2. The number of nitrogens with one attached hydrogen (secondary N) is 2. The van der Waals surface area contributed by atoms with Crippen molar-refractivity contribution in [2.24, 2.45) is 9.98 Å². The summed E-state index contributed by atoms with van der Waals surface area (Å²) in [7, 11) is 3.36. The van der Waals surface area contributed by atoms with Gasteiger partial charge in [0.05, 0.1) is 0 Å². The van der Waals surface area contributed by atoms with Crippen molar-refractivity contribution < 1.29 is 19.2 Å². The Bertz CT molecular complexity index is 1040. The van der Waals surface area contributed by atoms with E-state index < -0.39 is 36.5 Å². The summed E-state index contributed by atoms with van der Waals surface area (Å²) in [6, 6.07) is -2.05. The molecule has 224 valence electrons. The molecular weight excluding hydrogens is 528 g/mol. The number of guanidine groups is 2. The smallest absolute Gasteiger partial charge is 0.325 e. The summed E-state index contributed by atoms with van der Waals surface area (Å²) in [6.07, 6.45) is 8.46. The van der Waals surface area contributed by atoms with Crippen molar-refractivity contribution in [1.82, 2.24) is 40.0 Å². The van der Waals surface area contributed by atoms with E-state index in [1.165, 1.54) is 35.5 Å². The molecule has 0 aromatic rings. The number of hydrogen-bond acceptors (Lipinski definition) is 10. The quantitative estimate of drug-likeness (QED) is 0.490. The molecule has 0 aliphatic carbocycles. The van der Waals surface area contributed by atoms with Crippen molar-refractivity contribution in [2.45, 2.75) is 82.2 Å². The largest absolute Gasteiger partial charge is 0.343 e. The van der Waals surface area contributed by atoms with Crippen molar-refractivity contribution in [3.63, 3.8) is 0 Å². The minimum absolute atomic E-state index is 0.327. The normalized spacial score (nSPS) is 30.9. The fourth-order valence-corrected chi connectivity index (χ4v) is 6.98. The Morgan fingerprint density at radius 1 is 0.610 bits per heavy atom. The number of carbonyl (C=O) groups is 4. The van der Waals surface area contributed by atoms with Gasteiger partial charge in [-0.25, -0.2) is 19.6 Å². The topological polar surface area (TPSA) is 136 Å². The number of amides is 6. The van der Waals surface area contributed by atoms with Crippen LogP contribution in [0.3, 0.4) is 0 Å². The molecule has 4 saturated heterocycles. The Morgan fingerprint density at radius 2 is 0.976 bits per heavy atom. The lowest BCUT2D eigenvalue weighted by Gasteiger charge is -2.39. The Kier molecular flexibility index (Phi) is 7.64. The van der Waals surface area contributed by atoms with Crippen molar-refractivity contribution >= 4 is 35.8 Å². The molecule has 6 amide bonds.